The van der Waals surface area contributed by atoms with E-state index in [0.29, 0.717) is 23.4 Å². The largest absolute Gasteiger partial charge is 0.484 e. The molecule has 2 N–H and O–H groups in total. The summed E-state index contributed by atoms with van der Waals surface area (Å²) in [7, 11) is 0. The van der Waals surface area contributed by atoms with Crippen LogP contribution in [0.4, 0.5) is 4.39 Å². The van der Waals surface area contributed by atoms with E-state index in [0.717, 1.165) is 5.56 Å². The Morgan fingerprint density at radius 1 is 0.828 bits per heavy atom. The lowest BCUT2D eigenvalue weighted by Gasteiger charge is -2.10. The van der Waals surface area contributed by atoms with Crippen LogP contribution in [-0.2, 0) is 17.9 Å². The zero-order valence-corrected chi connectivity index (χ0v) is 15.7. The number of carbonyl (C=O) groups is 2. The second-order valence-electron chi connectivity index (χ2n) is 6.35. The minimum atomic E-state index is -0.382. The summed E-state index contributed by atoms with van der Waals surface area (Å²) in [6, 6.07) is 22.4. The third-order valence-corrected chi connectivity index (χ3v) is 4.20. The number of amides is 2. The van der Waals surface area contributed by atoms with E-state index >= 15 is 0 Å². The van der Waals surface area contributed by atoms with Crippen LogP contribution in [0.5, 0.6) is 5.75 Å². The fourth-order valence-corrected chi connectivity index (χ4v) is 2.64. The van der Waals surface area contributed by atoms with Crippen molar-refractivity contribution >= 4 is 11.8 Å². The van der Waals surface area contributed by atoms with Gasteiger partial charge in [-0.3, -0.25) is 9.59 Å². The van der Waals surface area contributed by atoms with E-state index < -0.39 is 0 Å². The number of hydrogen-bond donors (Lipinski definition) is 2. The van der Waals surface area contributed by atoms with Gasteiger partial charge in [-0.25, -0.2) is 4.39 Å². The minimum absolute atomic E-state index is 0.0802. The fourth-order valence-electron chi connectivity index (χ4n) is 2.64. The summed E-state index contributed by atoms with van der Waals surface area (Å²) in [6.45, 7) is 0.267. The van der Waals surface area contributed by atoms with Crippen LogP contribution < -0.4 is 15.4 Å². The molecule has 3 rings (SSSR count). The first-order chi connectivity index (χ1) is 14.1. The molecule has 3 aromatic carbocycles. The molecule has 0 atom stereocenters. The molecule has 0 saturated heterocycles. The third-order valence-electron chi connectivity index (χ3n) is 4.20. The van der Waals surface area contributed by atoms with Crippen LogP contribution in [-0.4, -0.2) is 18.4 Å². The number of ether oxygens (including phenoxy) is 1. The quantitative estimate of drug-likeness (QED) is 0.617. The van der Waals surface area contributed by atoms with Gasteiger partial charge < -0.3 is 15.4 Å². The molecule has 3 aromatic rings. The van der Waals surface area contributed by atoms with Crippen molar-refractivity contribution < 1.29 is 18.7 Å². The van der Waals surface area contributed by atoms with Gasteiger partial charge in [-0.15, -0.1) is 0 Å². The average molecular weight is 392 g/mol. The smallest absolute Gasteiger partial charge is 0.258 e. The Labute approximate surface area is 168 Å². The van der Waals surface area contributed by atoms with Gasteiger partial charge in [0.25, 0.3) is 11.8 Å². The Hall–Kier alpha value is -3.67. The van der Waals surface area contributed by atoms with Crippen molar-refractivity contribution in [2.45, 2.75) is 13.1 Å². The predicted molar refractivity (Wildman–Crippen MR) is 108 cm³/mol. The molecule has 0 saturated carbocycles. The standard InChI is InChI=1S/C23H21FN2O3/c24-21-12-5-4-9-19(21)15-25-22(27)16-29-20-11-6-10-18(13-20)23(28)26-14-17-7-2-1-3-8-17/h1-13H,14-16H2,(H,25,27)(H,26,28). The zero-order valence-electron chi connectivity index (χ0n) is 15.7. The van der Waals surface area contributed by atoms with Crippen molar-refractivity contribution in [2.75, 3.05) is 6.61 Å². The van der Waals surface area contributed by atoms with Gasteiger partial charge in [0.15, 0.2) is 6.61 Å². The van der Waals surface area contributed by atoms with Gasteiger partial charge in [-0.05, 0) is 29.8 Å². The van der Waals surface area contributed by atoms with E-state index in [9.17, 15) is 14.0 Å². The van der Waals surface area contributed by atoms with Gasteiger partial charge in [-0.2, -0.15) is 0 Å². The van der Waals surface area contributed by atoms with Gasteiger partial charge in [0.2, 0.25) is 0 Å². The monoisotopic (exact) mass is 392 g/mol. The summed E-state index contributed by atoms with van der Waals surface area (Å²) >= 11 is 0. The van der Waals surface area contributed by atoms with Gasteiger partial charge in [-0.1, -0.05) is 54.6 Å². The van der Waals surface area contributed by atoms with Crippen LogP contribution in [0.2, 0.25) is 0 Å². The molecule has 5 nitrogen and oxygen atoms in total. The highest BCUT2D eigenvalue weighted by Gasteiger charge is 2.09. The average Bonchev–Trinajstić information content (AvgIpc) is 2.76. The first-order valence-corrected chi connectivity index (χ1v) is 9.17. The van der Waals surface area contributed by atoms with Gasteiger partial charge in [0.05, 0.1) is 0 Å². The highest BCUT2D eigenvalue weighted by atomic mass is 19.1. The van der Waals surface area contributed by atoms with Crippen molar-refractivity contribution in [1.29, 1.82) is 0 Å². The summed E-state index contributed by atoms with van der Waals surface area (Å²) in [6.07, 6.45) is 0. The van der Waals surface area contributed by atoms with Crippen molar-refractivity contribution in [3.8, 4) is 5.75 Å². The van der Waals surface area contributed by atoms with Crippen molar-refractivity contribution in [1.82, 2.24) is 10.6 Å². The molecular formula is C23H21FN2O3. The molecular weight excluding hydrogens is 371 g/mol. The maximum Gasteiger partial charge on any atom is 0.258 e. The maximum atomic E-state index is 13.6. The fraction of sp³-hybridized carbons (Fsp3) is 0.130. The summed E-state index contributed by atoms with van der Waals surface area (Å²) in [4.78, 5) is 24.3. The molecule has 0 fully saturated rings. The van der Waals surface area contributed by atoms with Crippen LogP contribution in [0.3, 0.4) is 0 Å². The molecule has 0 unspecified atom stereocenters. The Morgan fingerprint density at radius 3 is 2.38 bits per heavy atom. The molecule has 29 heavy (non-hydrogen) atoms. The molecule has 0 aliphatic rings. The molecule has 148 valence electrons. The van der Waals surface area contributed by atoms with Crippen LogP contribution >= 0.6 is 0 Å². The zero-order chi connectivity index (χ0) is 20.5. The molecule has 0 heterocycles. The van der Waals surface area contributed by atoms with Crippen molar-refractivity contribution in [3.63, 3.8) is 0 Å². The SMILES string of the molecule is O=C(COc1cccc(C(=O)NCc2ccccc2)c1)NCc1ccccc1F. The molecule has 0 aliphatic carbocycles. The van der Waals surface area contributed by atoms with E-state index in [-0.39, 0.29) is 30.8 Å². The molecule has 2 amide bonds. The lowest BCUT2D eigenvalue weighted by atomic mass is 10.2. The van der Waals surface area contributed by atoms with Crippen molar-refractivity contribution in [3.05, 3.63) is 101 Å². The Bertz CT molecular complexity index is 977. The van der Waals surface area contributed by atoms with Gasteiger partial charge >= 0.3 is 0 Å². The van der Waals surface area contributed by atoms with E-state index in [4.69, 9.17) is 4.74 Å². The summed E-state index contributed by atoms with van der Waals surface area (Å²) in [5.74, 6) is -0.586. The Balaban J connectivity index is 1.48. The predicted octanol–water partition coefficient (Wildman–Crippen LogP) is 3.45. The van der Waals surface area contributed by atoms with Crippen LogP contribution in [0.25, 0.3) is 0 Å². The lowest BCUT2D eigenvalue weighted by molar-refractivity contribution is -0.123. The third kappa shape index (κ3) is 6.17. The van der Waals surface area contributed by atoms with E-state index in [2.05, 4.69) is 10.6 Å². The van der Waals surface area contributed by atoms with Crippen LogP contribution in [0.1, 0.15) is 21.5 Å². The molecule has 0 bridgehead atoms. The molecule has 0 radical (unpaired) electrons. The second kappa shape index (κ2) is 10.0. The molecule has 6 heteroatoms. The van der Waals surface area contributed by atoms with E-state index in [1.54, 1.807) is 42.5 Å². The summed E-state index contributed by atoms with van der Waals surface area (Å²) < 4.78 is 19.0. The number of benzene rings is 3. The Morgan fingerprint density at radius 2 is 1.59 bits per heavy atom. The maximum absolute atomic E-state index is 13.6. The summed E-state index contributed by atoms with van der Waals surface area (Å²) in [5.41, 5.74) is 1.84. The summed E-state index contributed by atoms with van der Waals surface area (Å²) in [5, 5.41) is 5.44. The Kier molecular flexibility index (Phi) is 6.95. The van der Waals surface area contributed by atoms with E-state index in [1.165, 1.54) is 6.07 Å². The van der Waals surface area contributed by atoms with Gasteiger partial charge in [0.1, 0.15) is 11.6 Å². The van der Waals surface area contributed by atoms with Gasteiger partial charge in [0, 0.05) is 24.2 Å². The minimum Gasteiger partial charge on any atom is -0.484 e. The second-order valence-corrected chi connectivity index (χ2v) is 6.35. The molecule has 0 aromatic heterocycles. The molecule has 0 aliphatic heterocycles. The number of hydrogen-bond acceptors (Lipinski definition) is 3. The first kappa shape index (κ1) is 20.1. The number of rotatable bonds is 8. The highest BCUT2D eigenvalue weighted by molar-refractivity contribution is 5.94. The number of nitrogens with one attached hydrogen (secondary N) is 2. The topological polar surface area (TPSA) is 67.4 Å². The van der Waals surface area contributed by atoms with Crippen LogP contribution in [0, 0.1) is 5.82 Å². The highest BCUT2D eigenvalue weighted by Crippen LogP contribution is 2.13. The molecule has 0 spiro atoms. The normalized spacial score (nSPS) is 10.2. The van der Waals surface area contributed by atoms with E-state index in [1.807, 2.05) is 30.3 Å². The first-order valence-electron chi connectivity index (χ1n) is 9.17. The number of carbonyl (C=O) groups excluding carboxylic acids is 2. The van der Waals surface area contributed by atoms with Crippen LogP contribution in [0.15, 0.2) is 78.9 Å². The number of halogens is 1. The lowest BCUT2D eigenvalue weighted by Crippen LogP contribution is -2.28. The van der Waals surface area contributed by atoms with Crippen molar-refractivity contribution in [2.24, 2.45) is 0 Å².